The third-order valence-electron chi connectivity index (χ3n) is 4.58. The van der Waals surface area contributed by atoms with Gasteiger partial charge in [0, 0.05) is 6.54 Å². The Balaban J connectivity index is 1.93. The topological polar surface area (TPSA) is 75.7 Å². The lowest BCUT2D eigenvalue weighted by Gasteiger charge is -2.30. The smallest absolute Gasteiger partial charge is 0.243 e. The Labute approximate surface area is 180 Å². The van der Waals surface area contributed by atoms with Gasteiger partial charge in [-0.15, -0.1) is 0 Å². The Morgan fingerprint density at radius 3 is 2.23 bits per heavy atom. The fraction of sp³-hybridized carbons (Fsp3) is 0.435. The van der Waals surface area contributed by atoms with Crippen molar-refractivity contribution in [2.24, 2.45) is 0 Å². The molecule has 6 nitrogen and oxygen atoms in total. The van der Waals surface area contributed by atoms with E-state index in [1.807, 2.05) is 51.1 Å². The molecule has 0 aliphatic carbocycles. The predicted octanol–water partition coefficient (Wildman–Crippen LogP) is 3.77. The Kier molecular flexibility index (Phi) is 8.72. The first kappa shape index (κ1) is 23.7. The second-order valence-electron chi connectivity index (χ2n) is 7.52. The van der Waals surface area contributed by atoms with Crippen molar-refractivity contribution in [2.75, 3.05) is 17.1 Å². The van der Waals surface area contributed by atoms with Gasteiger partial charge in [-0.2, -0.15) is 0 Å². The molecule has 2 aromatic rings. The summed E-state index contributed by atoms with van der Waals surface area (Å²) in [5.74, 6) is 0.557. The second-order valence-corrected chi connectivity index (χ2v) is 9.38. The summed E-state index contributed by atoms with van der Waals surface area (Å²) < 4.78 is 31.6. The normalized spacial score (nSPS) is 12.4. The monoisotopic (exact) mass is 432 g/mol. The van der Waals surface area contributed by atoms with Gasteiger partial charge in [0.2, 0.25) is 15.9 Å². The van der Waals surface area contributed by atoms with Gasteiger partial charge in [-0.3, -0.25) is 9.10 Å². The highest BCUT2D eigenvalue weighted by molar-refractivity contribution is 7.92. The third-order valence-corrected chi connectivity index (χ3v) is 5.76. The lowest BCUT2D eigenvalue weighted by Crippen LogP contribution is -2.49. The molecular formula is C23H32N2O4S. The van der Waals surface area contributed by atoms with Crippen LogP contribution in [0.25, 0.3) is 0 Å². The van der Waals surface area contributed by atoms with Crippen LogP contribution in [-0.4, -0.2) is 39.3 Å². The van der Waals surface area contributed by atoms with E-state index in [0.29, 0.717) is 18.7 Å². The van der Waals surface area contributed by atoms with Gasteiger partial charge < -0.3 is 10.1 Å². The number of para-hydroxylation sites is 1. The summed E-state index contributed by atoms with van der Waals surface area (Å²) in [6, 6.07) is 15.9. The molecule has 0 aliphatic heterocycles. The number of carbonyl (C=O) groups is 1. The van der Waals surface area contributed by atoms with Gasteiger partial charge in [-0.1, -0.05) is 37.3 Å². The standard InChI is InChI=1S/C23H32N2O4S/c1-5-22(25(30(4,27)28)20-11-7-6-8-12-20)23(26)24-17-9-10-19-13-15-21(16-14-19)29-18(2)3/h6-8,11-16,18,22H,5,9-10,17H2,1-4H3,(H,24,26)/t22-/m0/s1. The van der Waals surface area contributed by atoms with Crippen LogP contribution in [0.2, 0.25) is 0 Å². The van der Waals surface area contributed by atoms with Crippen molar-refractivity contribution in [3.05, 3.63) is 60.2 Å². The lowest BCUT2D eigenvalue weighted by molar-refractivity contribution is -0.122. The van der Waals surface area contributed by atoms with Crippen molar-refractivity contribution < 1.29 is 17.9 Å². The third kappa shape index (κ3) is 7.06. The van der Waals surface area contributed by atoms with E-state index in [9.17, 15) is 13.2 Å². The highest BCUT2D eigenvalue weighted by atomic mass is 32.2. The number of nitrogens with zero attached hydrogens (tertiary/aromatic N) is 1. The van der Waals surface area contributed by atoms with Crippen LogP contribution in [0.1, 0.15) is 39.2 Å². The molecule has 2 aromatic carbocycles. The number of rotatable bonds is 11. The first-order valence-electron chi connectivity index (χ1n) is 10.3. The van der Waals surface area contributed by atoms with Crippen LogP contribution in [0, 0.1) is 0 Å². The molecule has 0 saturated heterocycles. The predicted molar refractivity (Wildman–Crippen MR) is 121 cm³/mol. The van der Waals surface area contributed by atoms with Crippen LogP contribution in [0.4, 0.5) is 5.69 Å². The minimum atomic E-state index is -3.60. The van der Waals surface area contributed by atoms with E-state index < -0.39 is 16.1 Å². The number of carbonyl (C=O) groups excluding carboxylic acids is 1. The van der Waals surface area contributed by atoms with Crippen LogP contribution < -0.4 is 14.4 Å². The fourth-order valence-corrected chi connectivity index (χ4v) is 4.48. The minimum absolute atomic E-state index is 0.139. The number of hydrogen-bond donors (Lipinski definition) is 1. The molecule has 0 saturated carbocycles. The van der Waals surface area contributed by atoms with Gasteiger partial charge in [0.05, 0.1) is 18.0 Å². The summed E-state index contributed by atoms with van der Waals surface area (Å²) >= 11 is 0. The van der Waals surface area contributed by atoms with Crippen molar-refractivity contribution in [2.45, 2.75) is 52.2 Å². The van der Waals surface area contributed by atoms with Crippen molar-refractivity contribution in [3.8, 4) is 5.75 Å². The van der Waals surface area contributed by atoms with E-state index in [1.54, 1.807) is 24.3 Å². The molecular weight excluding hydrogens is 400 g/mol. The van der Waals surface area contributed by atoms with Crippen molar-refractivity contribution in [3.63, 3.8) is 0 Å². The molecule has 0 unspecified atom stereocenters. The van der Waals surface area contributed by atoms with Gasteiger partial charge in [0.25, 0.3) is 0 Å². The van der Waals surface area contributed by atoms with Crippen LogP contribution in [-0.2, 0) is 21.2 Å². The molecule has 1 N–H and O–H groups in total. The zero-order valence-corrected chi connectivity index (χ0v) is 19.0. The number of anilines is 1. The summed E-state index contributed by atoms with van der Waals surface area (Å²) in [4.78, 5) is 12.8. The fourth-order valence-electron chi connectivity index (χ4n) is 3.26. The van der Waals surface area contributed by atoms with Crippen molar-refractivity contribution in [1.82, 2.24) is 5.32 Å². The van der Waals surface area contributed by atoms with Crippen LogP contribution in [0.3, 0.4) is 0 Å². The van der Waals surface area contributed by atoms with Crippen molar-refractivity contribution in [1.29, 1.82) is 0 Å². The summed E-state index contributed by atoms with van der Waals surface area (Å²) in [6.45, 7) is 6.27. The molecule has 0 aromatic heterocycles. The molecule has 0 bridgehead atoms. The number of aryl methyl sites for hydroxylation is 1. The molecule has 0 fully saturated rings. The van der Waals surface area contributed by atoms with Gasteiger partial charge in [0.15, 0.2) is 0 Å². The molecule has 0 radical (unpaired) electrons. The van der Waals surface area contributed by atoms with Crippen LogP contribution >= 0.6 is 0 Å². The molecule has 2 rings (SSSR count). The van der Waals surface area contributed by atoms with E-state index in [4.69, 9.17) is 4.74 Å². The number of amides is 1. The van der Waals surface area contributed by atoms with Gasteiger partial charge in [-0.05, 0) is 62.9 Å². The van der Waals surface area contributed by atoms with E-state index in [0.717, 1.165) is 30.4 Å². The molecule has 164 valence electrons. The Hall–Kier alpha value is -2.54. The van der Waals surface area contributed by atoms with Crippen LogP contribution in [0.5, 0.6) is 5.75 Å². The quantitative estimate of drug-likeness (QED) is 0.549. The first-order chi connectivity index (χ1) is 14.2. The number of benzene rings is 2. The van der Waals surface area contributed by atoms with Crippen LogP contribution in [0.15, 0.2) is 54.6 Å². The van der Waals surface area contributed by atoms with E-state index in [1.165, 1.54) is 4.31 Å². The Morgan fingerprint density at radius 1 is 1.07 bits per heavy atom. The Bertz CT molecular complexity index is 897. The van der Waals surface area contributed by atoms with Crippen molar-refractivity contribution >= 4 is 21.6 Å². The molecule has 0 spiro atoms. The number of hydrogen-bond acceptors (Lipinski definition) is 4. The zero-order valence-electron chi connectivity index (χ0n) is 18.2. The zero-order chi connectivity index (χ0) is 22.1. The van der Waals surface area contributed by atoms with Gasteiger partial charge in [-0.25, -0.2) is 8.42 Å². The van der Waals surface area contributed by atoms with E-state index in [2.05, 4.69) is 5.32 Å². The molecule has 1 amide bonds. The SMILES string of the molecule is CC[C@@H](C(=O)NCCCc1ccc(OC(C)C)cc1)N(c1ccccc1)S(C)(=O)=O. The number of nitrogens with one attached hydrogen (secondary N) is 1. The largest absolute Gasteiger partial charge is 0.491 e. The maximum absolute atomic E-state index is 12.8. The maximum atomic E-state index is 12.8. The van der Waals surface area contributed by atoms with Gasteiger partial charge in [0.1, 0.15) is 11.8 Å². The maximum Gasteiger partial charge on any atom is 0.243 e. The summed E-state index contributed by atoms with van der Waals surface area (Å²) in [6.07, 6.45) is 3.22. The number of ether oxygens (including phenoxy) is 1. The molecule has 0 aliphatic rings. The highest BCUT2D eigenvalue weighted by Gasteiger charge is 2.31. The summed E-state index contributed by atoms with van der Waals surface area (Å²) in [7, 11) is -3.60. The average Bonchev–Trinajstić information content (AvgIpc) is 2.69. The Morgan fingerprint density at radius 2 is 1.70 bits per heavy atom. The van der Waals surface area contributed by atoms with E-state index >= 15 is 0 Å². The molecule has 1 atom stereocenters. The number of sulfonamides is 1. The highest BCUT2D eigenvalue weighted by Crippen LogP contribution is 2.22. The molecule has 7 heteroatoms. The lowest BCUT2D eigenvalue weighted by atomic mass is 10.1. The van der Waals surface area contributed by atoms with E-state index in [-0.39, 0.29) is 12.0 Å². The summed E-state index contributed by atoms with van der Waals surface area (Å²) in [5.41, 5.74) is 1.65. The second kappa shape index (κ2) is 11.0. The first-order valence-corrected chi connectivity index (χ1v) is 12.1. The average molecular weight is 433 g/mol. The summed E-state index contributed by atoms with van der Waals surface area (Å²) in [5, 5.41) is 2.89. The molecule has 0 heterocycles. The minimum Gasteiger partial charge on any atom is -0.491 e. The van der Waals surface area contributed by atoms with Gasteiger partial charge >= 0.3 is 0 Å². The molecule has 30 heavy (non-hydrogen) atoms.